The first kappa shape index (κ1) is 11.3. The number of aliphatic carboxylic acids is 1. The third-order valence-electron chi connectivity index (χ3n) is 2.36. The quantitative estimate of drug-likeness (QED) is 0.874. The predicted octanol–water partition coefficient (Wildman–Crippen LogP) is 1.48. The summed E-state index contributed by atoms with van der Waals surface area (Å²) in [4.78, 5) is 10.6. The van der Waals surface area contributed by atoms with E-state index in [1.807, 2.05) is 0 Å². The molecule has 88 valence electrons. The second kappa shape index (κ2) is 4.32. The Balaban J connectivity index is 2.42. The summed E-state index contributed by atoms with van der Waals surface area (Å²) >= 11 is 0. The molecule has 0 aliphatic heterocycles. The summed E-state index contributed by atoms with van der Waals surface area (Å²) in [6.07, 6.45) is 1.45. The molecule has 0 atom stereocenters. The van der Waals surface area contributed by atoms with Gasteiger partial charge in [-0.2, -0.15) is 0 Å². The van der Waals surface area contributed by atoms with Gasteiger partial charge in [-0.1, -0.05) is 5.21 Å². The monoisotopic (exact) mass is 235 g/mol. The van der Waals surface area contributed by atoms with Crippen molar-refractivity contribution in [2.75, 3.05) is 0 Å². The SMILES string of the molecule is Cc1cc(-c2cnnn2CC(=O)O)ccc1F. The van der Waals surface area contributed by atoms with Gasteiger partial charge in [-0.15, -0.1) is 5.10 Å². The highest BCUT2D eigenvalue weighted by molar-refractivity contribution is 5.68. The van der Waals surface area contributed by atoms with Crippen LogP contribution in [0.2, 0.25) is 0 Å². The Hall–Kier alpha value is -2.24. The maximum atomic E-state index is 13.1. The fourth-order valence-corrected chi connectivity index (χ4v) is 1.53. The van der Waals surface area contributed by atoms with Crippen LogP contribution in [0, 0.1) is 12.7 Å². The van der Waals surface area contributed by atoms with Gasteiger partial charge in [0.2, 0.25) is 0 Å². The van der Waals surface area contributed by atoms with E-state index in [1.54, 1.807) is 19.1 Å². The lowest BCUT2D eigenvalue weighted by molar-refractivity contribution is -0.137. The molecule has 17 heavy (non-hydrogen) atoms. The van der Waals surface area contributed by atoms with Gasteiger partial charge < -0.3 is 5.11 Å². The van der Waals surface area contributed by atoms with Crippen molar-refractivity contribution >= 4 is 5.97 Å². The van der Waals surface area contributed by atoms with Crippen LogP contribution in [0.15, 0.2) is 24.4 Å². The number of aromatic nitrogens is 3. The lowest BCUT2D eigenvalue weighted by atomic mass is 10.1. The van der Waals surface area contributed by atoms with Crippen LogP contribution >= 0.6 is 0 Å². The Bertz CT molecular complexity index is 566. The van der Waals surface area contributed by atoms with Crippen molar-refractivity contribution < 1.29 is 14.3 Å². The molecule has 0 amide bonds. The summed E-state index contributed by atoms with van der Waals surface area (Å²) in [7, 11) is 0. The molecule has 0 unspecified atom stereocenters. The molecule has 1 aromatic carbocycles. The number of halogens is 1. The fourth-order valence-electron chi connectivity index (χ4n) is 1.53. The zero-order chi connectivity index (χ0) is 12.4. The lowest BCUT2D eigenvalue weighted by Crippen LogP contribution is -2.11. The first-order valence-electron chi connectivity index (χ1n) is 4.95. The number of aryl methyl sites for hydroxylation is 1. The smallest absolute Gasteiger partial charge is 0.325 e. The zero-order valence-electron chi connectivity index (χ0n) is 9.09. The van der Waals surface area contributed by atoms with Crippen molar-refractivity contribution in [2.45, 2.75) is 13.5 Å². The minimum Gasteiger partial charge on any atom is -0.480 e. The number of hydrogen-bond donors (Lipinski definition) is 1. The molecular formula is C11H10FN3O2. The van der Waals surface area contributed by atoms with Gasteiger partial charge in [-0.25, -0.2) is 9.07 Å². The molecule has 1 aromatic heterocycles. The standard InChI is InChI=1S/C11H10FN3O2/c1-7-4-8(2-3-9(7)12)10-5-13-14-15(10)6-11(16)17/h2-5H,6H2,1H3,(H,16,17). The number of hydrogen-bond acceptors (Lipinski definition) is 3. The number of carboxylic acids is 1. The van der Waals surface area contributed by atoms with Crippen LogP contribution in [0.5, 0.6) is 0 Å². The van der Waals surface area contributed by atoms with E-state index in [0.29, 0.717) is 16.8 Å². The van der Waals surface area contributed by atoms with E-state index in [2.05, 4.69) is 10.3 Å². The van der Waals surface area contributed by atoms with E-state index in [-0.39, 0.29) is 12.4 Å². The highest BCUT2D eigenvalue weighted by Crippen LogP contribution is 2.20. The summed E-state index contributed by atoms with van der Waals surface area (Å²) in [5.74, 6) is -1.30. The van der Waals surface area contributed by atoms with Crippen molar-refractivity contribution in [3.05, 3.63) is 35.8 Å². The Morgan fingerprint density at radius 2 is 2.29 bits per heavy atom. The second-order valence-electron chi connectivity index (χ2n) is 3.63. The maximum absolute atomic E-state index is 13.1. The molecule has 0 aliphatic carbocycles. The maximum Gasteiger partial charge on any atom is 0.325 e. The second-order valence-corrected chi connectivity index (χ2v) is 3.63. The van der Waals surface area contributed by atoms with E-state index in [0.717, 1.165) is 0 Å². The third-order valence-corrected chi connectivity index (χ3v) is 2.36. The first-order chi connectivity index (χ1) is 8.08. The molecule has 1 heterocycles. The molecule has 0 saturated carbocycles. The molecule has 0 radical (unpaired) electrons. The van der Waals surface area contributed by atoms with Crippen molar-refractivity contribution in [1.82, 2.24) is 15.0 Å². The van der Waals surface area contributed by atoms with Gasteiger partial charge in [0.1, 0.15) is 12.4 Å². The Morgan fingerprint density at radius 3 is 2.94 bits per heavy atom. The lowest BCUT2D eigenvalue weighted by Gasteiger charge is -2.05. The minimum atomic E-state index is -1.00. The van der Waals surface area contributed by atoms with Gasteiger partial charge in [0.25, 0.3) is 0 Å². The van der Waals surface area contributed by atoms with Gasteiger partial charge in [0.05, 0.1) is 11.9 Å². The molecule has 1 N–H and O–H groups in total. The third kappa shape index (κ3) is 2.30. The van der Waals surface area contributed by atoms with Crippen LogP contribution in [-0.4, -0.2) is 26.1 Å². The van der Waals surface area contributed by atoms with E-state index < -0.39 is 5.97 Å². The number of rotatable bonds is 3. The molecule has 2 rings (SSSR count). The summed E-state index contributed by atoms with van der Waals surface area (Å²) in [5, 5.41) is 16.0. The fraction of sp³-hybridized carbons (Fsp3) is 0.182. The largest absolute Gasteiger partial charge is 0.480 e. The normalized spacial score (nSPS) is 10.5. The summed E-state index contributed by atoms with van der Waals surface area (Å²) in [6, 6.07) is 4.54. The van der Waals surface area contributed by atoms with Gasteiger partial charge in [-0.3, -0.25) is 4.79 Å². The molecule has 0 saturated heterocycles. The van der Waals surface area contributed by atoms with Crippen LogP contribution in [0.1, 0.15) is 5.56 Å². The molecule has 0 bridgehead atoms. The van der Waals surface area contributed by atoms with E-state index in [4.69, 9.17) is 5.11 Å². The molecule has 0 fully saturated rings. The van der Waals surface area contributed by atoms with E-state index in [1.165, 1.54) is 16.9 Å². The van der Waals surface area contributed by atoms with E-state index >= 15 is 0 Å². The van der Waals surface area contributed by atoms with Gasteiger partial charge in [-0.05, 0) is 30.7 Å². The average Bonchev–Trinajstić information content (AvgIpc) is 2.69. The molecule has 2 aromatic rings. The molecule has 5 nitrogen and oxygen atoms in total. The Kier molecular flexibility index (Phi) is 2.86. The number of benzene rings is 1. The van der Waals surface area contributed by atoms with Crippen LogP contribution < -0.4 is 0 Å². The summed E-state index contributed by atoms with van der Waals surface area (Å²) in [5.41, 5.74) is 1.73. The predicted molar refractivity (Wildman–Crippen MR) is 57.8 cm³/mol. The average molecular weight is 235 g/mol. The Morgan fingerprint density at radius 1 is 1.53 bits per heavy atom. The first-order valence-corrected chi connectivity index (χ1v) is 4.95. The van der Waals surface area contributed by atoms with Crippen molar-refractivity contribution in [2.24, 2.45) is 0 Å². The summed E-state index contributed by atoms with van der Waals surface area (Å²) < 4.78 is 14.4. The number of carboxylic acid groups (broad SMARTS) is 1. The van der Waals surface area contributed by atoms with Crippen LogP contribution in [0.25, 0.3) is 11.3 Å². The number of carbonyl (C=O) groups is 1. The molecular weight excluding hydrogens is 225 g/mol. The molecule has 0 spiro atoms. The summed E-state index contributed by atoms with van der Waals surface area (Å²) in [6.45, 7) is 1.37. The molecule has 6 heteroatoms. The van der Waals surface area contributed by atoms with Crippen molar-refractivity contribution in [1.29, 1.82) is 0 Å². The van der Waals surface area contributed by atoms with Crippen LogP contribution in [-0.2, 0) is 11.3 Å². The Labute approximate surface area is 96.5 Å². The zero-order valence-corrected chi connectivity index (χ0v) is 9.09. The highest BCUT2D eigenvalue weighted by Gasteiger charge is 2.10. The van der Waals surface area contributed by atoms with Gasteiger partial charge in [0.15, 0.2) is 0 Å². The van der Waals surface area contributed by atoms with Gasteiger partial charge >= 0.3 is 5.97 Å². The van der Waals surface area contributed by atoms with Crippen molar-refractivity contribution in [3.63, 3.8) is 0 Å². The van der Waals surface area contributed by atoms with Crippen LogP contribution in [0.3, 0.4) is 0 Å². The number of nitrogens with zero attached hydrogens (tertiary/aromatic N) is 3. The molecule has 0 aliphatic rings. The van der Waals surface area contributed by atoms with Gasteiger partial charge in [0, 0.05) is 5.56 Å². The van der Waals surface area contributed by atoms with Crippen LogP contribution in [0.4, 0.5) is 4.39 Å². The van der Waals surface area contributed by atoms with E-state index in [9.17, 15) is 9.18 Å². The minimum absolute atomic E-state index is 0.272. The van der Waals surface area contributed by atoms with Crippen molar-refractivity contribution in [3.8, 4) is 11.3 Å². The highest BCUT2D eigenvalue weighted by atomic mass is 19.1. The topological polar surface area (TPSA) is 68.0 Å².